The molecule has 0 fully saturated rings. The van der Waals surface area contributed by atoms with E-state index in [1.54, 1.807) is 7.05 Å². The molecule has 1 aromatic heterocycles. The predicted octanol–water partition coefficient (Wildman–Crippen LogP) is 2.89. The third-order valence-corrected chi connectivity index (χ3v) is 4.56. The Morgan fingerprint density at radius 1 is 1.29 bits per heavy atom. The summed E-state index contributed by atoms with van der Waals surface area (Å²) < 4.78 is 7.15. The maximum Gasteiger partial charge on any atom is 0.407 e. The van der Waals surface area contributed by atoms with Gasteiger partial charge in [0.05, 0.1) is 12.2 Å². The summed E-state index contributed by atoms with van der Waals surface area (Å²) >= 11 is 0. The zero-order chi connectivity index (χ0) is 22.7. The highest BCUT2D eigenvalue weighted by atomic mass is 127. The van der Waals surface area contributed by atoms with Gasteiger partial charge >= 0.3 is 6.09 Å². The number of rotatable bonds is 10. The van der Waals surface area contributed by atoms with E-state index in [1.165, 1.54) is 0 Å². The molecule has 1 rings (SSSR count). The molecule has 1 heterocycles. The number of alkyl carbamates (subject to hydrolysis) is 1. The van der Waals surface area contributed by atoms with Gasteiger partial charge in [-0.25, -0.2) is 4.79 Å². The van der Waals surface area contributed by atoms with E-state index in [9.17, 15) is 4.79 Å². The number of ether oxygens (including phenoxy) is 1. The summed E-state index contributed by atoms with van der Waals surface area (Å²) in [6.07, 6.45) is 6.57. The number of guanidine groups is 1. The number of nitrogens with zero attached hydrogens (tertiary/aromatic N) is 4. The number of aryl methyl sites for hydroxylation is 1. The van der Waals surface area contributed by atoms with Crippen molar-refractivity contribution in [2.45, 2.75) is 64.6 Å². The molecular formula is C21H42IN7O2. The van der Waals surface area contributed by atoms with Crippen LogP contribution in [-0.2, 0) is 11.8 Å². The van der Waals surface area contributed by atoms with Gasteiger partial charge in [0.2, 0.25) is 0 Å². The second-order valence-corrected chi connectivity index (χ2v) is 8.75. The molecule has 0 aliphatic rings. The maximum atomic E-state index is 12.0. The second-order valence-electron chi connectivity index (χ2n) is 8.75. The lowest BCUT2D eigenvalue weighted by atomic mass is 10.1. The topological polar surface area (TPSA) is 95.8 Å². The van der Waals surface area contributed by atoms with Gasteiger partial charge in [-0.15, -0.1) is 24.0 Å². The number of hydrogen-bond acceptors (Lipinski definition) is 5. The fourth-order valence-electron chi connectivity index (χ4n) is 2.99. The van der Waals surface area contributed by atoms with Crippen LogP contribution in [-0.4, -0.2) is 72.6 Å². The average molecular weight is 552 g/mol. The van der Waals surface area contributed by atoms with Crippen LogP contribution in [0.15, 0.2) is 17.4 Å². The molecule has 0 radical (unpaired) electrons. The fourth-order valence-corrected chi connectivity index (χ4v) is 2.99. The van der Waals surface area contributed by atoms with Crippen LogP contribution in [0.4, 0.5) is 4.79 Å². The maximum absolute atomic E-state index is 12.0. The first-order valence-electron chi connectivity index (χ1n) is 10.6. The Bertz CT molecular complexity index is 671. The summed E-state index contributed by atoms with van der Waals surface area (Å²) in [5.41, 5.74) is 0.626. The lowest BCUT2D eigenvalue weighted by Crippen LogP contribution is -2.50. The van der Waals surface area contributed by atoms with E-state index in [1.807, 2.05) is 59.0 Å². The molecule has 3 N–H and O–H groups in total. The first kappa shape index (κ1) is 29.4. The number of aromatic nitrogens is 2. The average Bonchev–Trinajstić information content (AvgIpc) is 3.06. The molecular weight excluding hydrogens is 509 g/mol. The highest BCUT2D eigenvalue weighted by Gasteiger charge is 2.19. The van der Waals surface area contributed by atoms with Crippen molar-refractivity contribution in [2.24, 2.45) is 12.0 Å². The summed E-state index contributed by atoms with van der Waals surface area (Å²) in [6.45, 7) is 8.87. The Morgan fingerprint density at radius 3 is 2.45 bits per heavy atom. The number of likely N-dealkylation sites (N-methyl/N-ethyl adjacent to an activating group) is 1. The van der Waals surface area contributed by atoms with Crippen LogP contribution in [0.3, 0.4) is 0 Å². The molecule has 9 nitrogen and oxygen atoms in total. The van der Waals surface area contributed by atoms with Gasteiger partial charge in [-0.05, 0) is 41.3 Å². The van der Waals surface area contributed by atoms with Gasteiger partial charge < -0.3 is 25.6 Å². The van der Waals surface area contributed by atoms with Gasteiger partial charge in [0.1, 0.15) is 5.60 Å². The largest absolute Gasteiger partial charge is 0.444 e. The Hall–Kier alpha value is -1.56. The summed E-state index contributed by atoms with van der Waals surface area (Å²) in [5, 5.41) is 14.0. The summed E-state index contributed by atoms with van der Waals surface area (Å²) in [7, 11) is 7.76. The normalized spacial score (nSPS) is 13.9. The van der Waals surface area contributed by atoms with Crippen molar-refractivity contribution < 1.29 is 9.53 Å². The molecule has 0 aliphatic heterocycles. The molecule has 1 aromatic rings. The quantitative estimate of drug-likeness (QED) is 0.235. The van der Waals surface area contributed by atoms with E-state index in [0.29, 0.717) is 19.0 Å². The monoisotopic (exact) mass is 551 g/mol. The molecule has 0 aromatic carbocycles. The molecule has 0 spiro atoms. The number of nitrogens with one attached hydrogen (secondary N) is 3. The van der Waals surface area contributed by atoms with Crippen molar-refractivity contribution in [1.29, 1.82) is 0 Å². The van der Waals surface area contributed by atoms with E-state index >= 15 is 0 Å². The van der Waals surface area contributed by atoms with Gasteiger partial charge in [0.25, 0.3) is 0 Å². The predicted molar refractivity (Wildman–Crippen MR) is 137 cm³/mol. The summed E-state index contributed by atoms with van der Waals surface area (Å²) in [4.78, 5) is 18.5. The van der Waals surface area contributed by atoms with Crippen LogP contribution in [0, 0.1) is 0 Å². The van der Waals surface area contributed by atoms with E-state index in [-0.39, 0.29) is 36.1 Å². The molecule has 31 heavy (non-hydrogen) atoms. The van der Waals surface area contributed by atoms with Crippen LogP contribution in [0.1, 0.15) is 58.6 Å². The van der Waals surface area contributed by atoms with Crippen molar-refractivity contribution in [2.75, 3.05) is 34.2 Å². The standard InChI is InChI=1S/C21H41N7O2.HI/c1-9-10-11-17(13-24-20(29)30-21(2,3)4)26-19(22-5)23-14-18(27(6)7)16-12-25-28(8)15-16;/h12,15,17-18H,9-11,13-14H2,1-8H3,(H,24,29)(H2,22,23,26);1H. The van der Waals surface area contributed by atoms with Crippen LogP contribution in [0.5, 0.6) is 0 Å². The van der Waals surface area contributed by atoms with Gasteiger partial charge in [0, 0.05) is 45.0 Å². The number of carbonyl (C=O) groups excluding carboxylic acids is 1. The number of halogens is 1. The fraction of sp³-hybridized carbons (Fsp3) is 0.762. The Kier molecular flexibility index (Phi) is 13.8. The Morgan fingerprint density at radius 2 is 1.97 bits per heavy atom. The minimum atomic E-state index is -0.512. The zero-order valence-corrected chi connectivity index (χ0v) is 22.7. The van der Waals surface area contributed by atoms with Gasteiger partial charge in [0.15, 0.2) is 5.96 Å². The first-order valence-corrected chi connectivity index (χ1v) is 10.6. The number of hydrogen-bond donors (Lipinski definition) is 3. The van der Waals surface area contributed by atoms with Crippen LogP contribution < -0.4 is 16.0 Å². The molecule has 0 saturated heterocycles. The van der Waals surface area contributed by atoms with Crippen molar-refractivity contribution in [3.8, 4) is 0 Å². The minimum absolute atomic E-state index is 0. The van der Waals surface area contributed by atoms with Crippen LogP contribution in [0.2, 0.25) is 0 Å². The third kappa shape index (κ3) is 12.2. The van der Waals surface area contributed by atoms with Crippen LogP contribution in [0.25, 0.3) is 0 Å². The van der Waals surface area contributed by atoms with Crippen molar-refractivity contribution in [1.82, 2.24) is 30.6 Å². The number of amides is 1. The summed E-state index contributed by atoms with van der Waals surface area (Å²) in [5.74, 6) is 0.706. The smallest absolute Gasteiger partial charge is 0.407 e. The highest BCUT2D eigenvalue weighted by molar-refractivity contribution is 14.0. The Balaban J connectivity index is 0.00000900. The number of carbonyl (C=O) groups is 1. The third-order valence-electron chi connectivity index (χ3n) is 4.56. The molecule has 2 unspecified atom stereocenters. The van der Waals surface area contributed by atoms with E-state index in [4.69, 9.17) is 4.74 Å². The van der Waals surface area contributed by atoms with Gasteiger partial charge in [-0.1, -0.05) is 19.8 Å². The van der Waals surface area contributed by atoms with Crippen molar-refractivity contribution in [3.05, 3.63) is 18.0 Å². The number of aliphatic imine (C=N–C) groups is 1. The highest BCUT2D eigenvalue weighted by Crippen LogP contribution is 2.16. The van der Waals surface area contributed by atoms with E-state index in [2.05, 4.69) is 37.9 Å². The summed E-state index contributed by atoms with van der Waals surface area (Å²) in [6, 6.07) is 0.214. The molecule has 0 saturated carbocycles. The lowest BCUT2D eigenvalue weighted by Gasteiger charge is -2.27. The van der Waals surface area contributed by atoms with E-state index in [0.717, 1.165) is 24.8 Å². The SMILES string of the molecule is CCCCC(CNC(=O)OC(C)(C)C)NC(=NC)NCC(c1cnn(C)c1)N(C)C.I. The lowest BCUT2D eigenvalue weighted by molar-refractivity contribution is 0.0522. The number of unbranched alkanes of at least 4 members (excludes halogenated alkanes) is 1. The van der Waals surface area contributed by atoms with Crippen molar-refractivity contribution >= 4 is 36.0 Å². The van der Waals surface area contributed by atoms with Gasteiger partial charge in [-0.3, -0.25) is 9.67 Å². The molecule has 0 aliphatic carbocycles. The minimum Gasteiger partial charge on any atom is -0.444 e. The molecule has 1 amide bonds. The molecule has 0 bridgehead atoms. The van der Waals surface area contributed by atoms with Gasteiger partial charge in [-0.2, -0.15) is 5.10 Å². The first-order chi connectivity index (χ1) is 14.1. The molecule has 10 heteroatoms. The molecule has 180 valence electrons. The van der Waals surface area contributed by atoms with Crippen LogP contribution >= 0.6 is 24.0 Å². The Labute approximate surface area is 204 Å². The molecule has 2 atom stereocenters. The second kappa shape index (κ2) is 14.5. The van der Waals surface area contributed by atoms with E-state index < -0.39 is 11.7 Å². The zero-order valence-electron chi connectivity index (χ0n) is 20.4. The van der Waals surface area contributed by atoms with Crippen molar-refractivity contribution in [3.63, 3.8) is 0 Å².